The zero-order valence-corrected chi connectivity index (χ0v) is 12.4. The van der Waals surface area contributed by atoms with Crippen molar-refractivity contribution >= 4 is 22.8 Å². The van der Waals surface area contributed by atoms with Crippen molar-refractivity contribution in [1.29, 1.82) is 0 Å². The Morgan fingerprint density at radius 3 is 2.50 bits per heavy atom. The van der Waals surface area contributed by atoms with Crippen molar-refractivity contribution in [2.75, 3.05) is 5.73 Å². The average Bonchev–Trinajstić information content (AvgIpc) is 2.76. The number of ketones is 1. The van der Waals surface area contributed by atoms with E-state index in [-0.39, 0.29) is 18.1 Å². The molecule has 4 nitrogen and oxygen atoms in total. The number of carbonyl (C=O) groups is 1. The topological polar surface area (TPSA) is 60.9 Å². The molecule has 0 bridgehead atoms. The number of hydrogen-bond acceptors (Lipinski definition) is 3. The zero-order chi connectivity index (χ0) is 15.9. The van der Waals surface area contributed by atoms with E-state index in [1.807, 2.05) is 26.0 Å². The smallest absolute Gasteiger partial charge is 0.201 e. The number of aryl methyl sites for hydroxylation is 2. The highest BCUT2D eigenvalue weighted by Gasteiger charge is 2.14. The highest BCUT2D eigenvalue weighted by molar-refractivity contribution is 5.97. The van der Waals surface area contributed by atoms with Crippen molar-refractivity contribution in [2.45, 2.75) is 20.4 Å². The van der Waals surface area contributed by atoms with Gasteiger partial charge in [-0.15, -0.1) is 0 Å². The first-order chi connectivity index (χ1) is 10.5. The molecule has 0 amide bonds. The fourth-order valence-corrected chi connectivity index (χ4v) is 2.44. The molecule has 3 rings (SSSR count). The third kappa shape index (κ3) is 2.45. The molecule has 1 aromatic heterocycles. The molecule has 1 heterocycles. The van der Waals surface area contributed by atoms with Crippen LogP contribution in [0.1, 0.15) is 21.5 Å². The van der Waals surface area contributed by atoms with E-state index in [0.29, 0.717) is 11.5 Å². The van der Waals surface area contributed by atoms with Gasteiger partial charge in [-0.2, -0.15) is 0 Å². The second-order valence-electron chi connectivity index (χ2n) is 5.41. The standard InChI is InChI=1S/C17H16FN3O/c1-10-7-14-15(8-11(10)2)21(17(19)20-14)9-16(22)12-3-5-13(18)6-4-12/h3-8H,9H2,1-2H3,(H2,19,20). The molecule has 0 fully saturated rings. The Morgan fingerprint density at radius 1 is 1.18 bits per heavy atom. The first kappa shape index (κ1) is 14.3. The van der Waals surface area contributed by atoms with Crippen LogP contribution >= 0.6 is 0 Å². The molecule has 0 aliphatic rings. The predicted molar refractivity (Wildman–Crippen MR) is 84.3 cm³/mol. The fraction of sp³-hybridized carbons (Fsp3) is 0.176. The molecule has 3 aromatic rings. The van der Waals surface area contributed by atoms with Crippen molar-refractivity contribution in [3.63, 3.8) is 0 Å². The lowest BCUT2D eigenvalue weighted by atomic mass is 10.1. The van der Waals surface area contributed by atoms with Gasteiger partial charge < -0.3 is 10.3 Å². The number of aromatic nitrogens is 2. The average molecular weight is 297 g/mol. The van der Waals surface area contributed by atoms with Gasteiger partial charge in [0.25, 0.3) is 0 Å². The van der Waals surface area contributed by atoms with E-state index in [1.54, 1.807) is 4.57 Å². The van der Waals surface area contributed by atoms with Gasteiger partial charge in [0.05, 0.1) is 17.6 Å². The minimum absolute atomic E-state index is 0.0798. The Labute approximate surface area is 127 Å². The zero-order valence-electron chi connectivity index (χ0n) is 12.4. The summed E-state index contributed by atoms with van der Waals surface area (Å²) < 4.78 is 14.6. The van der Waals surface area contributed by atoms with E-state index in [4.69, 9.17) is 5.73 Å². The number of Topliss-reactive ketones (excluding diaryl/α,β-unsaturated/α-hetero) is 1. The van der Waals surface area contributed by atoms with Gasteiger partial charge in [0.2, 0.25) is 5.95 Å². The highest BCUT2D eigenvalue weighted by Crippen LogP contribution is 2.22. The lowest BCUT2D eigenvalue weighted by Gasteiger charge is -2.07. The molecule has 2 N–H and O–H groups in total. The number of hydrogen-bond donors (Lipinski definition) is 1. The quantitative estimate of drug-likeness (QED) is 0.755. The fourth-order valence-electron chi connectivity index (χ4n) is 2.44. The number of fused-ring (bicyclic) bond motifs is 1. The van der Waals surface area contributed by atoms with Crippen molar-refractivity contribution in [1.82, 2.24) is 9.55 Å². The van der Waals surface area contributed by atoms with Crippen LogP contribution in [-0.4, -0.2) is 15.3 Å². The van der Waals surface area contributed by atoms with E-state index < -0.39 is 0 Å². The number of rotatable bonds is 3. The van der Waals surface area contributed by atoms with Gasteiger partial charge in [0.1, 0.15) is 5.82 Å². The van der Waals surface area contributed by atoms with Crippen LogP contribution in [0, 0.1) is 19.7 Å². The molecule has 112 valence electrons. The van der Waals surface area contributed by atoms with E-state index in [0.717, 1.165) is 22.2 Å². The Morgan fingerprint density at radius 2 is 1.82 bits per heavy atom. The number of nitrogens with two attached hydrogens (primary N) is 1. The Bertz CT molecular complexity index is 866. The highest BCUT2D eigenvalue weighted by atomic mass is 19.1. The molecule has 2 aromatic carbocycles. The summed E-state index contributed by atoms with van der Waals surface area (Å²) in [5.74, 6) is -0.199. The van der Waals surface area contributed by atoms with Crippen LogP contribution in [-0.2, 0) is 6.54 Å². The number of anilines is 1. The molecule has 0 saturated carbocycles. The van der Waals surface area contributed by atoms with Crippen molar-refractivity contribution < 1.29 is 9.18 Å². The van der Waals surface area contributed by atoms with E-state index in [2.05, 4.69) is 4.98 Å². The maximum Gasteiger partial charge on any atom is 0.201 e. The summed E-state index contributed by atoms with van der Waals surface area (Å²) in [6.45, 7) is 4.09. The Kier molecular flexibility index (Phi) is 3.41. The maximum atomic E-state index is 12.9. The molecule has 0 atom stereocenters. The van der Waals surface area contributed by atoms with Crippen LogP contribution in [0.4, 0.5) is 10.3 Å². The number of halogens is 1. The number of nitrogen functional groups attached to an aromatic ring is 1. The molecular formula is C17H16FN3O. The van der Waals surface area contributed by atoms with E-state index in [1.165, 1.54) is 24.3 Å². The molecule has 0 unspecified atom stereocenters. The first-order valence-electron chi connectivity index (χ1n) is 6.97. The number of nitrogens with zero attached hydrogens (tertiary/aromatic N) is 2. The maximum absolute atomic E-state index is 12.9. The molecule has 0 aliphatic carbocycles. The summed E-state index contributed by atoms with van der Waals surface area (Å²) in [5.41, 5.74) is 10.2. The molecular weight excluding hydrogens is 281 g/mol. The lowest BCUT2D eigenvalue weighted by molar-refractivity contribution is 0.0974. The third-order valence-corrected chi connectivity index (χ3v) is 3.86. The number of carbonyl (C=O) groups excluding carboxylic acids is 1. The van der Waals surface area contributed by atoms with Crippen molar-refractivity contribution in [3.8, 4) is 0 Å². The van der Waals surface area contributed by atoms with Crippen LogP contribution in [0.2, 0.25) is 0 Å². The molecule has 5 heteroatoms. The van der Waals surface area contributed by atoms with Gasteiger partial charge in [-0.25, -0.2) is 9.37 Å². The van der Waals surface area contributed by atoms with Gasteiger partial charge >= 0.3 is 0 Å². The Balaban J connectivity index is 2.00. The van der Waals surface area contributed by atoms with Gasteiger partial charge in [0, 0.05) is 5.56 Å². The van der Waals surface area contributed by atoms with Gasteiger partial charge in [0.15, 0.2) is 5.78 Å². The minimum atomic E-state index is -0.366. The lowest BCUT2D eigenvalue weighted by Crippen LogP contribution is -2.12. The second kappa shape index (κ2) is 5.26. The van der Waals surface area contributed by atoms with Crippen molar-refractivity contribution in [3.05, 3.63) is 58.9 Å². The summed E-state index contributed by atoms with van der Waals surface area (Å²) in [4.78, 5) is 16.6. The summed E-state index contributed by atoms with van der Waals surface area (Å²) in [5, 5.41) is 0. The first-order valence-corrected chi connectivity index (χ1v) is 6.97. The number of benzene rings is 2. The van der Waals surface area contributed by atoms with Crippen LogP contribution < -0.4 is 5.73 Å². The van der Waals surface area contributed by atoms with Crippen LogP contribution in [0.15, 0.2) is 36.4 Å². The van der Waals surface area contributed by atoms with Gasteiger partial charge in [-0.05, 0) is 61.4 Å². The third-order valence-electron chi connectivity index (χ3n) is 3.86. The van der Waals surface area contributed by atoms with Crippen LogP contribution in [0.3, 0.4) is 0 Å². The SMILES string of the molecule is Cc1cc2nc(N)n(CC(=O)c3ccc(F)cc3)c2cc1C. The van der Waals surface area contributed by atoms with E-state index in [9.17, 15) is 9.18 Å². The molecule has 0 radical (unpaired) electrons. The molecule has 0 aliphatic heterocycles. The monoisotopic (exact) mass is 297 g/mol. The van der Waals surface area contributed by atoms with Gasteiger partial charge in [-0.1, -0.05) is 0 Å². The minimum Gasteiger partial charge on any atom is -0.369 e. The molecule has 0 saturated heterocycles. The van der Waals surface area contributed by atoms with Gasteiger partial charge in [-0.3, -0.25) is 4.79 Å². The van der Waals surface area contributed by atoms with Crippen LogP contribution in [0.5, 0.6) is 0 Å². The van der Waals surface area contributed by atoms with E-state index >= 15 is 0 Å². The summed E-state index contributed by atoms with van der Waals surface area (Å²) in [6, 6.07) is 9.43. The predicted octanol–water partition coefficient (Wildman–Crippen LogP) is 3.26. The summed E-state index contributed by atoms with van der Waals surface area (Å²) >= 11 is 0. The summed E-state index contributed by atoms with van der Waals surface area (Å²) in [7, 11) is 0. The molecule has 22 heavy (non-hydrogen) atoms. The number of imidazole rings is 1. The molecule has 0 spiro atoms. The van der Waals surface area contributed by atoms with Crippen molar-refractivity contribution in [2.24, 2.45) is 0 Å². The largest absolute Gasteiger partial charge is 0.369 e. The second-order valence-corrected chi connectivity index (χ2v) is 5.41. The van der Waals surface area contributed by atoms with Crippen LogP contribution in [0.25, 0.3) is 11.0 Å². The summed E-state index contributed by atoms with van der Waals surface area (Å²) in [6.07, 6.45) is 0. The Hall–Kier alpha value is -2.69. The normalized spacial score (nSPS) is 11.0.